The lowest BCUT2D eigenvalue weighted by Crippen LogP contribution is -2.43. The van der Waals surface area contributed by atoms with Gasteiger partial charge in [-0.15, -0.1) is 0 Å². The molecule has 1 atom stereocenters. The lowest BCUT2D eigenvalue weighted by molar-refractivity contribution is -0.389. The summed E-state index contributed by atoms with van der Waals surface area (Å²) in [5.41, 5.74) is 0.0235. The summed E-state index contributed by atoms with van der Waals surface area (Å²) in [6.07, 6.45) is -2.44. The number of halogens is 3. The molecule has 0 saturated heterocycles. The van der Waals surface area contributed by atoms with Gasteiger partial charge in [0.25, 0.3) is 0 Å². The number of ether oxygens (including phenoxy) is 2. The highest BCUT2D eigenvalue weighted by atomic mass is 19.4. The van der Waals surface area contributed by atoms with E-state index in [-0.39, 0.29) is 18.4 Å². The number of aryl methyl sites for hydroxylation is 1. The van der Waals surface area contributed by atoms with Crippen LogP contribution in [0, 0.1) is 10.1 Å². The Labute approximate surface area is 175 Å². The topological polar surface area (TPSA) is 79.4 Å². The van der Waals surface area contributed by atoms with Crippen LogP contribution in [0.25, 0.3) is 11.1 Å². The van der Waals surface area contributed by atoms with Crippen molar-refractivity contribution in [2.24, 2.45) is 0 Å². The molecule has 0 fully saturated rings. The van der Waals surface area contributed by atoms with E-state index in [1.165, 1.54) is 18.3 Å². The Morgan fingerprint density at radius 2 is 1.77 bits per heavy atom. The van der Waals surface area contributed by atoms with Gasteiger partial charge in [0.05, 0.1) is 5.56 Å². The maximum Gasteiger partial charge on any atom is 0.416 e. The van der Waals surface area contributed by atoms with Gasteiger partial charge in [0.1, 0.15) is 24.2 Å². The molecule has 31 heavy (non-hydrogen) atoms. The van der Waals surface area contributed by atoms with E-state index in [1.807, 2.05) is 6.92 Å². The molecule has 0 bridgehead atoms. The van der Waals surface area contributed by atoms with Crippen molar-refractivity contribution in [2.45, 2.75) is 31.7 Å². The predicted octanol–water partition coefficient (Wildman–Crippen LogP) is 5.10. The van der Waals surface area contributed by atoms with E-state index in [2.05, 4.69) is 4.98 Å². The lowest BCUT2D eigenvalue weighted by atomic mass is 10.0. The largest absolute Gasteiger partial charge is 0.489 e. The number of nitro groups is 1. The van der Waals surface area contributed by atoms with Crippen LogP contribution in [0.4, 0.5) is 19.0 Å². The molecule has 0 saturated carbocycles. The summed E-state index contributed by atoms with van der Waals surface area (Å²) >= 11 is 0. The average Bonchev–Trinajstić information content (AvgIpc) is 3.15. The first-order valence-electron chi connectivity index (χ1n) is 9.44. The number of hydrogen-bond donors (Lipinski definition) is 0. The molecular formula is C21H18F3N3O4. The number of fused-ring (bicyclic) bond motifs is 1. The molecule has 4 rings (SSSR count). The van der Waals surface area contributed by atoms with Gasteiger partial charge in [-0.25, -0.2) is 0 Å². The molecule has 0 aliphatic carbocycles. The molecule has 2 heterocycles. The van der Waals surface area contributed by atoms with E-state index in [0.29, 0.717) is 24.3 Å². The van der Waals surface area contributed by atoms with Gasteiger partial charge in [-0.2, -0.15) is 13.2 Å². The molecule has 0 N–H and O–H groups in total. The number of rotatable bonds is 5. The fourth-order valence-electron chi connectivity index (χ4n) is 3.28. The fraction of sp³-hybridized carbons (Fsp3) is 0.286. The highest BCUT2D eigenvalue weighted by Gasteiger charge is 2.37. The van der Waals surface area contributed by atoms with Gasteiger partial charge >= 0.3 is 18.0 Å². The Morgan fingerprint density at radius 3 is 2.35 bits per heavy atom. The summed E-state index contributed by atoms with van der Waals surface area (Å²) in [5.74, 6) is 0.305. The second kappa shape index (κ2) is 7.60. The van der Waals surface area contributed by atoms with E-state index in [4.69, 9.17) is 9.47 Å². The maximum atomic E-state index is 12.7. The van der Waals surface area contributed by atoms with E-state index in [0.717, 1.165) is 17.7 Å². The van der Waals surface area contributed by atoms with Gasteiger partial charge in [0, 0.05) is 17.9 Å². The number of imidazole rings is 1. The van der Waals surface area contributed by atoms with Gasteiger partial charge in [-0.1, -0.05) is 24.3 Å². The molecule has 0 spiro atoms. The predicted molar refractivity (Wildman–Crippen MR) is 105 cm³/mol. The van der Waals surface area contributed by atoms with E-state index < -0.39 is 22.3 Å². The first-order valence-corrected chi connectivity index (χ1v) is 9.44. The third-order valence-electron chi connectivity index (χ3n) is 5.08. The second-order valence-corrected chi connectivity index (χ2v) is 7.52. The minimum Gasteiger partial charge on any atom is -0.489 e. The molecule has 1 unspecified atom stereocenters. The number of aromatic nitrogens is 2. The smallest absolute Gasteiger partial charge is 0.416 e. The number of benzene rings is 2. The number of nitrogens with zero attached hydrogens (tertiary/aromatic N) is 3. The van der Waals surface area contributed by atoms with Crippen LogP contribution in [0.2, 0.25) is 0 Å². The van der Waals surface area contributed by atoms with Crippen molar-refractivity contribution in [3.05, 3.63) is 70.4 Å². The highest BCUT2D eigenvalue weighted by Crippen LogP contribution is 2.32. The zero-order valence-corrected chi connectivity index (χ0v) is 16.4. The van der Waals surface area contributed by atoms with Crippen molar-refractivity contribution in [3.63, 3.8) is 0 Å². The average molecular weight is 433 g/mol. The first kappa shape index (κ1) is 20.7. The number of alkyl halides is 3. The Balaban J connectivity index is 1.40. The third-order valence-corrected chi connectivity index (χ3v) is 5.08. The molecule has 1 aliphatic heterocycles. The second-order valence-electron chi connectivity index (χ2n) is 7.52. The molecule has 0 amide bonds. The molecule has 3 aromatic rings. The van der Waals surface area contributed by atoms with Gasteiger partial charge in [-0.05, 0) is 47.2 Å². The van der Waals surface area contributed by atoms with E-state index in [1.54, 1.807) is 28.8 Å². The van der Waals surface area contributed by atoms with Gasteiger partial charge in [-0.3, -0.25) is 4.57 Å². The molecular weight excluding hydrogens is 415 g/mol. The van der Waals surface area contributed by atoms with E-state index >= 15 is 0 Å². The minimum absolute atomic E-state index is 0.182. The van der Waals surface area contributed by atoms with Crippen LogP contribution in [-0.2, 0) is 12.7 Å². The van der Waals surface area contributed by atoms with Crippen LogP contribution in [0.1, 0.15) is 18.9 Å². The van der Waals surface area contributed by atoms with E-state index in [9.17, 15) is 23.3 Å². The van der Waals surface area contributed by atoms with Crippen LogP contribution < -0.4 is 9.47 Å². The van der Waals surface area contributed by atoms with Crippen molar-refractivity contribution >= 4 is 5.82 Å². The first-order chi connectivity index (χ1) is 14.6. The van der Waals surface area contributed by atoms with Crippen molar-refractivity contribution in [1.82, 2.24) is 9.55 Å². The summed E-state index contributed by atoms with van der Waals surface area (Å²) in [7, 11) is 0. The number of hydrogen-bond acceptors (Lipinski definition) is 5. The molecule has 1 aliphatic rings. The lowest BCUT2D eigenvalue weighted by Gasteiger charge is -2.32. The Hall–Kier alpha value is -3.56. The van der Waals surface area contributed by atoms with Gasteiger partial charge in [0.15, 0.2) is 0 Å². The van der Waals surface area contributed by atoms with Crippen LogP contribution in [0.5, 0.6) is 11.8 Å². The molecule has 1 aromatic heterocycles. The SMILES string of the molecule is CC1(COc2ccc(-c3ccc(C(F)(F)F)cc3)cc2)CCn2cc([N+](=O)[O-])nc2O1. The molecule has 7 nitrogen and oxygen atoms in total. The highest BCUT2D eigenvalue weighted by molar-refractivity contribution is 5.64. The zero-order valence-electron chi connectivity index (χ0n) is 16.4. The van der Waals surface area contributed by atoms with Crippen LogP contribution in [-0.4, -0.2) is 26.7 Å². The van der Waals surface area contributed by atoms with Crippen molar-refractivity contribution in [1.29, 1.82) is 0 Å². The van der Waals surface area contributed by atoms with Crippen LogP contribution >= 0.6 is 0 Å². The van der Waals surface area contributed by atoms with Gasteiger partial charge in [0.2, 0.25) is 0 Å². The quantitative estimate of drug-likeness (QED) is 0.413. The van der Waals surface area contributed by atoms with Crippen molar-refractivity contribution in [3.8, 4) is 22.9 Å². The maximum absolute atomic E-state index is 12.7. The van der Waals surface area contributed by atoms with Crippen LogP contribution in [0.15, 0.2) is 54.7 Å². The van der Waals surface area contributed by atoms with Gasteiger partial charge < -0.3 is 19.6 Å². The fourth-order valence-corrected chi connectivity index (χ4v) is 3.28. The Morgan fingerprint density at radius 1 is 1.16 bits per heavy atom. The summed E-state index contributed by atoms with van der Waals surface area (Å²) in [6.45, 7) is 2.56. The third kappa shape index (κ3) is 4.47. The molecule has 162 valence electrons. The molecule has 2 aromatic carbocycles. The monoisotopic (exact) mass is 433 g/mol. The zero-order chi connectivity index (χ0) is 22.2. The van der Waals surface area contributed by atoms with Crippen molar-refractivity contribution < 1.29 is 27.6 Å². The summed E-state index contributed by atoms with van der Waals surface area (Å²) in [6, 6.07) is 12.1. The summed E-state index contributed by atoms with van der Waals surface area (Å²) in [5, 5.41) is 10.9. The summed E-state index contributed by atoms with van der Waals surface area (Å²) < 4.78 is 51.4. The Kier molecular flexibility index (Phi) is 5.08. The normalized spacial score (nSPS) is 18.2. The Bertz CT molecular complexity index is 1090. The molecule has 0 radical (unpaired) electrons. The standard InChI is InChI=1S/C21H18F3N3O4/c1-20(10-11-26-12-18(27(28)29)25-19(26)31-20)13-30-17-8-4-15(5-9-17)14-2-6-16(7-3-14)21(22,23)24/h2-9,12H,10-11,13H2,1H3. The van der Waals surface area contributed by atoms with Crippen LogP contribution in [0.3, 0.4) is 0 Å². The minimum atomic E-state index is -4.37. The van der Waals surface area contributed by atoms with Crippen molar-refractivity contribution in [2.75, 3.05) is 6.61 Å². The summed E-state index contributed by atoms with van der Waals surface area (Å²) in [4.78, 5) is 14.2. The molecule has 10 heteroatoms.